The summed E-state index contributed by atoms with van der Waals surface area (Å²) >= 11 is 0. The van der Waals surface area contributed by atoms with E-state index in [1.165, 1.54) is 0 Å². The van der Waals surface area contributed by atoms with Gasteiger partial charge in [-0.3, -0.25) is 4.79 Å². The molecule has 20 heavy (non-hydrogen) atoms. The average Bonchev–Trinajstić information content (AvgIpc) is 2.48. The fraction of sp³-hybridized carbons (Fsp3) is 0.571. The minimum atomic E-state index is -0.135. The Hall–Kier alpha value is -1.82. The van der Waals surface area contributed by atoms with Gasteiger partial charge in [0, 0.05) is 20.3 Å². The largest absolute Gasteiger partial charge is 0.479 e. The van der Waals surface area contributed by atoms with E-state index in [9.17, 15) is 4.79 Å². The van der Waals surface area contributed by atoms with E-state index in [4.69, 9.17) is 4.74 Å². The summed E-state index contributed by atoms with van der Waals surface area (Å²) in [7, 11) is 5.39. The van der Waals surface area contributed by atoms with Crippen molar-refractivity contribution in [2.24, 2.45) is 0 Å². The van der Waals surface area contributed by atoms with E-state index in [0.29, 0.717) is 11.6 Å². The van der Waals surface area contributed by atoms with Crippen molar-refractivity contribution in [2.45, 2.75) is 25.3 Å². The van der Waals surface area contributed by atoms with Gasteiger partial charge in [0.25, 0.3) is 0 Å². The first-order valence-electron chi connectivity index (χ1n) is 6.88. The fourth-order valence-electron chi connectivity index (χ4n) is 2.36. The lowest BCUT2D eigenvalue weighted by Crippen LogP contribution is -2.43. The van der Waals surface area contributed by atoms with Crippen molar-refractivity contribution in [2.75, 3.05) is 38.0 Å². The molecule has 1 amide bonds. The Labute approximate surface area is 119 Å². The van der Waals surface area contributed by atoms with Crippen LogP contribution in [0.15, 0.2) is 12.3 Å². The van der Waals surface area contributed by atoms with Crippen molar-refractivity contribution in [3.8, 4) is 5.88 Å². The second-order valence-electron chi connectivity index (χ2n) is 5.10. The predicted molar refractivity (Wildman–Crippen MR) is 79.4 cm³/mol. The number of aromatic nitrogens is 1. The summed E-state index contributed by atoms with van der Waals surface area (Å²) in [6, 6.07) is 1.72. The van der Waals surface area contributed by atoms with Crippen LogP contribution in [0.1, 0.15) is 19.3 Å². The molecule has 6 nitrogen and oxygen atoms in total. The minimum absolute atomic E-state index is 0.0286. The Bertz CT molecular complexity index is 470. The van der Waals surface area contributed by atoms with Crippen LogP contribution < -0.4 is 20.3 Å². The number of carbonyl (C=O) groups excluding carboxylic acids is 1. The number of nitrogens with one attached hydrogen (secondary N) is 2. The zero-order valence-corrected chi connectivity index (χ0v) is 12.3. The van der Waals surface area contributed by atoms with Crippen LogP contribution in [0.4, 0.5) is 11.4 Å². The van der Waals surface area contributed by atoms with E-state index in [0.717, 1.165) is 31.5 Å². The number of hydrogen-bond acceptors (Lipinski definition) is 5. The number of ether oxygens (including phenoxy) is 1. The molecule has 1 fully saturated rings. The lowest BCUT2D eigenvalue weighted by atomic mass is 10.0. The average molecular weight is 278 g/mol. The van der Waals surface area contributed by atoms with E-state index in [1.54, 1.807) is 13.3 Å². The summed E-state index contributed by atoms with van der Waals surface area (Å²) in [5.41, 5.74) is 1.50. The molecule has 1 aliphatic rings. The highest BCUT2D eigenvalue weighted by molar-refractivity contribution is 5.99. The molecule has 1 aromatic heterocycles. The summed E-state index contributed by atoms with van der Waals surface area (Å²) in [6.45, 7) is 0.892. The van der Waals surface area contributed by atoms with Gasteiger partial charge in [0.2, 0.25) is 11.8 Å². The van der Waals surface area contributed by atoms with Crippen molar-refractivity contribution in [1.29, 1.82) is 0 Å². The van der Waals surface area contributed by atoms with Crippen LogP contribution in [0.5, 0.6) is 5.88 Å². The predicted octanol–water partition coefficient (Wildman–Crippen LogP) is 1.24. The highest BCUT2D eigenvalue weighted by Gasteiger charge is 2.23. The Morgan fingerprint density at radius 1 is 1.50 bits per heavy atom. The molecular weight excluding hydrogens is 256 g/mol. The lowest BCUT2D eigenvalue weighted by molar-refractivity contribution is -0.118. The third kappa shape index (κ3) is 3.19. The molecule has 1 aromatic rings. The lowest BCUT2D eigenvalue weighted by Gasteiger charge is -2.24. The molecular formula is C14H22N4O2. The zero-order valence-electron chi connectivity index (χ0n) is 12.3. The van der Waals surface area contributed by atoms with Gasteiger partial charge in [-0.15, -0.1) is 0 Å². The van der Waals surface area contributed by atoms with Gasteiger partial charge < -0.3 is 20.3 Å². The number of pyridine rings is 1. The van der Waals surface area contributed by atoms with Gasteiger partial charge in [0.15, 0.2) is 0 Å². The van der Waals surface area contributed by atoms with Crippen LogP contribution in [-0.4, -0.2) is 44.7 Å². The van der Waals surface area contributed by atoms with Gasteiger partial charge in [0.1, 0.15) is 5.69 Å². The van der Waals surface area contributed by atoms with E-state index < -0.39 is 0 Å². The number of nitrogens with zero attached hydrogens (tertiary/aromatic N) is 2. The molecule has 0 bridgehead atoms. The second kappa shape index (κ2) is 6.56. The summed E-state index contributed by atoms with van der Waals surface area (Å²) in [6.07, 6.45) is 4.74. The number of carbonyl (C=O) groups is 1. The summed E-state index contributed by atoms with van der Waals surface area (Å²) in [4.78, 5) is 18.4. The third-order valence-electron chi connectivity index (χ3n) is 3.44. The van der Waals surface area contributed by atoms with Crippen molar-refractivity contribution in [3.63, 3.8) is 0 Å². The van der Waals surface area contributed by atoms with Gasteiger partial charge >= 0.3 is 0 Å². The van der Waals surface area contributed by atoms with E-state index in [-0.39, 0.29) is 11.9 Å². The summed E-state index contributed by atoms with van der Waals surface area (Å²) < 4.78 is 5.25. The van der Waals surface area contributed by atoms with Crippen LogP contribution in [0.3, 0.4) is 0 Å². The van der Waals surface area contributed by atoms with Crippen LogP contribution in [-0.2, 0) is 4.79 Å². The maximum absolute atomic E-state index is 12.3. The smallest absolute Gasteiger partial charge is 0.241 e. The normalized spacial score (nSPS) is 18.4. The van der Waals surface area contributed by atoms with Crippen molar-refractivity contribution < 1.29 is 9.53 Å². The molecule has 2 heterocycles. The Kier molecular flexibility index (Phi) is 4.79. The van der Waals surface area contributed by atoms with Crippen molar-refractivity contribution >= 4 is 17.3 Å². The van der Waals surface area contributed by atoms with Crippen molar-refractivity contribution in [1.82, 2.24) is 10.3 Å². The highest BCUT2D eigenvalue weighted by Crippen LogP contribution is 2.32. The minimum Gasteiger partial charge on any atom is -0.479 e. The molecule has 2 rings (SSSR count). The van der Waals surface area contributed by atoms with Crippen LogP contribution in [0, 0.1) is 0 Å². The molecule has 110 valence electrons. The van der Waals surface area contributed by atoms with Crippen LogP contribution in [0.25, 0.3) is 0 Å². The molecule has 0 spiro atoms. The number of amides is 1. The standard InChI is InChI=1S/C14H22N4O2/c1-18(2)11-7-9-16-14(20-3)12(11)17-13(19)10-6-4-5-8-15-10/h7,9-10,15H,4-6,8H2,1-3H3,(H,17,19)/t10-/m0/s1. The first-order valence-corrected chi connectivity index (χ1v) is 6.88. The van der Waals surface area contributed by atoms with E-state index >= 15 is 0 Å². The molecule has 0 unspecified atom stereocenters. The van der Waals surface area contributed by atoms with Gasteiger partial charge in [0.05, 0.1) is 18.8 Å². The Morgan fingerprint density at radius 2 is 2.30 bits per heavy atom. The fourth-order valence-corrected chi connectivity index (χ4v) is 2.36. The molecule has 2 N–H and O–H groups in total. The molecule has 0 radical (unpaired) electrons. The first kappa shape index (κ1) is 14.6. The zero-order chi connectivity index (χ0) is 14.5. The Balaban J connectivity index is 2.20. The van der Waals surface area contributed by atoms with Gasteiger partial charge in [-0.25, -0.2) is 4.98 Å². The first-order chi connectivity index (χ1) is 9.63. The maximum Gasteiger partial charge on any atom is 0.241 e. The van der Waals surface area contributed by atoms with Gasteiger partial charge in [-0.05, 0) is 25.5 Å². The number of rotatable bonds is 4. The molecule has 0 aliphatic carbocycles. The molecule has 0 aromatic carbocycles. The third-order valence-corrected chi connectivity index (χ3v) is 3.44. The monoisotopic (exact) mass is 278 g/mol. The number of piperidine rings is 1. The molecule has 6 heteroatoms. The van der Waals surface area contributed by atoms with Crippen LogP contribution in [0.2, 0.25) is 0 Å². The maximum atomic E-state index is 12.3. The number of anilines is 2. The molecule has 1 atom stereocenters. The molecule has 0 saturated carbocycles. The van der Waals surface area contributed by atoms with E-state index in [1.807, 2.05) is 25.1 Å². The SMILES string of the molecule is COc1nccc(N(C)C)c1NC(=O)[C@@H]1CCCCN1. The highest BCUT2D eigenvalue weighted by atomic mass is 16.5. The van der Waals surface area contributed by atoms with Crippen LogP contribution >= 0.6 is 0 Å². The quantitative estimate of drug-likeness (QED) is 0.867. The number of methoxy groups -OCH3 is 1. The van der Waals surface area contributed by atoms with E-state index in [2.05, 4.69) is 15.6 Å². The van der Waals surface area contributed by atoms with Gasteiger partial charge in [-0.1, -0.05) is 6.42 Å². The van der Waals surface area contributed by atoms with Crippen molar-refractivity contribution in [3.05, 3.63) is 12.3 Å². The second-order valence-corrected chi connectivity index (χ2v) is 5.10. The Morgan fingerprint density at radius 3 is 2.90 bits per heavy atom. The van der Waals surface area contributed by atoms with Gasteiger partial charge in [-0.2, -0.15) is 0 Å². The topological polar surface area (TPSA) is 66.5 Å². The summed E-state index contributed by atoms with van der Waals surface area (Å²) in [5, 5.41) is 6.19. The molecule has 1 saturated heterocycles. The summed E-state index contributed by atoms with van der Waals surface area (Å²) in [5.74, 6) is 0.402. The number of hydrogen-bond donors (Lipinski definition) is 2. The molecule has 1 aliphatic heterocycles.